The van der Waals surface area contributed by atoms with E-state index in [2.05, 4.69) is 28.2 Å². The molecule has 0 radical (unpaired) electrons. The number of carbonyl (C=O) groups is 1. The summed E-state index contributed by atoms with van der Waals surface area (Å²) in [6.45, 7) is 2.48. The van der Waals surface area contributed by atoms with E-state index in [4.69, 9.17) is 0 Å². The second kappa shape index (κ2) is 7.94. The Kier molecular flexibility index (Phi) is 6.57. The van der Waals surface area contributed by atoms with Crippen molar-refractivity contribution in [3.8, 4) is 0 Å². The Bertz CT molecular complexity index is 497. The molecule has 7 heteroatoms. The standard InChI is InChI=1S/C13H16BrFN2O3/c1-9(8-14)3-2-6-16-13(18)11-7-10(15)4-5-12(11)17(19)20/h4-5,7,9H,2-3,6,8H2,1H3,(H,16,18). The number of amides is 1. The molecule has 1 atom stereocenters. The van der Waals surface area contributed by atoms with E-state index in [1.54, 1.807) is 0 Å². The Morgan fingerprint density at radius 1 is 1.55 bits per heavy atom. The van der Waals surface area contributed by atoms with E-state index in [9.17, 15) is 19.3 Å². The average Bonchev–Trinajstić information content (AvgIpc) is 2.42. The minimum atomic E-state index is -0.693. The molecule has 1 rings (SSSR count). The second-order valence-electron chi connectivity index (χ2n) is 4.58. The summed E-state index contributed by atoms with van der Waals surface area (Å²) in [6, 6.07) is 2.85. The van der Waals surface area contributed by atoms with Gasteiger partial charge in [-0.3, -0.25) is 14.9 Å². The molecule has 0 heterocycles. The van der Waals surface area contributed by atoms with E-state index >= 15 is 0 Å². The van der Waals surface area contributed by atoms with E-state index < -0.39 is 22.3 Å². The molecule has 1 N–H and O–H groups in total. The molecule has 0 fully saturated rings. The van der Waals surface area contributed by atoms with E-state index in [1.165, 1.54) is 0 Å². The first-order valence-electron chi connectivity index (χ1n) is 6.23. The number of nitrogens with one attached hydrogen (secondary N) is 1. The Morgan fingerprint density at radius 2 is 2.25 bits per heavy atom. The van der Waals surface area contributed by atoms with Crippen LogP contribution in [-0.4, -0.2) is 22.7 Å². The minimum Gasteiger partial charge on any atom is -0.352 e. The van der Waals surface area contributed by atoms with Gasteiger partial charge in [-0.2, -0.15) is 0 Å². The number of benzene rings is 1. The Balaban J connectivity index is 2.63. The number of nitro groups is 1. The van der Waals surface area contributed by atoms with Crippen molar-refractivity contribution in [2.24, 2.45) is 5.92 Å². The largest absolute Gasteiger partial charge is 0.352 e. The van der Waals surface area contributed by atoms with Crippen LogP contribution in [0.15, 0.2) is 18.2 Å². The van der Waals surface area contributed by atoms with E-state index in [1.807, 2.05) is 0 Å². The monoisotopic (exact) mass is 346 g/mol. The molecule has 0 bridgehead atoms. The van der Waals surface area contributed by atoms with Crippen LogP contribution >= 0.6 is 15.9 Å². The zero-order valence-corrected chi connectivity index (χ0v) is 12.7. The van der Waals surface area contributed by atoms with Gasteiger partial charge in [0, 0.05) is 17.9 Å². The lowest BCUT2D eigenvalue weighted by molar-refractivity contribution is -0.385. The van der Waals surface area contributed by atoms with Crippen LogP contribution in [0.2, 0.25) is 0 Å². The third-order valence-corrected chi connectivity index (χ3v) is 3.93. The average molecular weight is 347 g/mol. The zero-order valence-electron chi connectivity index (χ0n) is 11.1. The summed E-state index contributed by atoms with van der Waals surface area (Å²) in [4.78, 5) is 21.9. The quantitative estimate of drug-likeness (QED) is 0.356. The number of nitrogens with zero attached hydrogens (tertiary/aromatic N) is 1. The van der Waals surface area contributed by atoms with Crippen LogP contribution in [0.25, 0.3) is 0 Å². The van der Waals surface area contributed by atoms with Gasteiger partial charge in [0.15, 0.2) is 0 Å². The third-order valence-electron chi connectivity index (χ3n) is 2.82. The molecular formula is C13H16BrFN2O3. The van der Waals surface area contributed by atoms with Gasteiger partial charge in [0.05, 0.1) is 4.92 Å². The van der Waals surface area contributed by atoms with Crippen LogP contribution in [0, 0.1) is 21.8 Å². The van der Waals surface area contributed by atoms with Gasteiger partial charge >= 0.3 is 0 Å². The van der Waals surface area contributed by atoms with Crippen LogP contribution in [0.3, 0.4) is 0 Å². The summed E-state index contributed by atoms with van der Waals surface area (Å²) < 4.78 is 13.1. The highest BCUT2D eigenvalue weighted by molar-refractivity contribution is 9.09. The predicted molar refractivity (Wildman–Crippen MR) is 77.6 cm³/mol. The summed E-state index contributed by atoms with van der Waals surface area (Å²) in [6.07, 6.45) is 1.69. The fourth-order valence-electron chi connectivity index (χ4n) is 1.67. The highest BCUT2D eigenvalue weighted by atomic mass is 79.9. The SMILES string of the molecule is CC(CBr)CCCNC(=O)c1cc(F)ccc1[N+](=O)[O-]. The van der Waals surface area contributed by atoms with Crippen LogP contribution < -0.4 is 5.32 Å². The fourth-order valence-corrected chi connectivity index (χ4v) is 2.00. The Hall–Kier alpha value is -1.50. The number of carbonyl (C=O) groups excluding carboxylic acids is 1. The van der Waals surface area contributed by atoms with Gasteiger partial charge in [-0.25, -0.2) is 4.39 Å². The first-order chi connectivity index (χ1) is 9.45. The highest BCUT2D eigenvalue weighted by Crippen LogP contribution is 2.19. The molecule has 0 aliphatic rings. The molecule has 110 valence electrons. The lowest BCUT2D eigenvalue weighted by Crippen LogP contribution is -2.25. The van der Waals surface area contributed by atoms with Crippen LogP contribution in [0.5, 0.6) is 0 Å². The van der Waals surface area contributed by atoms with E-state index in [0.29, 0.717) is 12.5 Å². The summed E-state index contributed by atoms with van der Waals surface area (Å²) in [5, 5.41) is 14.3. The second-order valence-corrected chi connectivity index (χ2v) is 5.22. The van der Waals surface area contributed by atoms with Crippen molar-refractivity contribution in [2.75, 3.05) is 11.9 Å². The van der Waals surface area contributed by atoms with Crippen LogP contribution in [0.1, 0.15) is 30.1 Å². The third kappa shape index (κ3) is 4.88. The lowest BCUT2D eigenvalue weighted by atomic mass is 10.1. The normalized spacial score (nSPS) is 11.9. The first kappa shape index (κ1) is 16.6. The molecule has 0 aliphatic carbocycles. The molecule has 0 saturated heterocycles. The van der Waals surface area contributed by atoms with Gasteiger partial charge in [-0.05, 0) is 30.9 Å². The van der Waals surface area contributed by atoms with Crippen molar-refractivity contribution < 1.29 is 14.1 Å². The van der Waals surface area contributed by atoms with Crippen molar-refractivity contribution in [1.82, 2.24) is 5.32 Å². The maximum absolute atomic E-state index is 13.1. The topological polar surface area (TPSA) is 72.2 Å². The van der Waals surface area contributed by atoms with Crippen molar-refractivity contribution >= 4 is 27.5 Å². The van der Waals surface area contributed by atoms with Gasteiger partial charge in [0.2, 0.25) is 0 Å². The van der Waals surface area contributed by atoms with Crippen molar-refractivity contribution in [2.45, 2.75) is 19.8 Å². The zero-order chi connectivity index (χ0) is 15.1. The van der Waals surface area contributed by atoms with Gasteiger partial charge in [-0.15, -0.1) is 0 Å². The number of alkyl halides is 1. The van der Waals surface area contributed by atoms with Gasteiger partial charge < -0.3 is 5.32 Å². The maximum Gasteiger partial charge on any atom is 0.282 e. The molecule has 1 aromatic rings. The summed E-state index contributed by atoms with van der Waals surface area (Å²) in [5.41, 5.74) is -0.638. The Morgan fingerprint density at radius 3 is 2.85 bits per heavy atom. The molecule has 0 saturated carbocycles. The van der Waals surface area contributed by atoms with Crippen molar-refractivity contribution in [1.29, 1.82) is 0 Å². The molecule has 0 aromatic heterocycles. The molecule has 1 aromatic carbocycles. The van der Waals surface area contributed by atoms with Crippen LogP contribution in [-0.2, 0) is 0 Å². The molecule has 0 spiro atoms. The molecule has 1 unspecified atom stereocenters. The van der Waals surface area contributed by atoms with Gasteiger partial charge in [0.1, 0.15) is 11.4 Å². The van der Waals surface area contributed by atoms with Gasteiger partial charge in [0.25, 0.3) is 11.6 Å². The number of hydrogen-bond acceptors (Lipinski definition) is 3. The number of nitro benzene ring substituents is 1. The smallest absolute Gasteiger partial charge is 0.282 e. The van der Waals surface area contributed by atoms with Crippen molar-refractivity contribution in [3.63, 3.8) is 0 Å². The summed E-state index contributed by atoms with van der Waals surface area (Å²) in [7, 11) is 0. The number of rotatable bonds is 7. The summed E-state index contributed by atoms with van der Waals surface area (Å²) >= 11 is 3.36. The Labute approximate surface area is 124 Å². The van der Waals surface area contributed by atoms with Gasteiger partial charge in [-0.1, -0.05) is 22.9 Å². The highest BCUT2D eigenvalue weighted by Gasteiger charge is 2.20. The molecule has 0 aliphatic heterocycles. The van der Waals surface area contributed by atoms with E-state index in [0.717, 1.165) is 36.4 Å². The predicted octanol–water partition coefficient (Wildman–Crippen LogP) is 3.27. The first-order valence-corrected chi connectivity index (χ1v) is 7.36. The minimum absolute atomic E-state index is 0.247. The molecular weight excluding hydrogens is 331 g/mol. The van der Waals surface area contributed by atoms with E-state index in [-0.39, 0.29) is 5.56 Å². The lowest BCUT2D eigenvalue weighted by Gasteiger charge is -2.08. The summed E-state index contributed by atoms with van der Waals surface area (Å²) in [5.74, 6) is -0.799. The molecule has 5 nitrogen and oxygen atoms in total. The molecule has 1 amide bonds. The van der Waals surface area contributed by atoms with Crippen LogP contribution in [0.4, 0.5) is 10.1 Å². The number of hydrogen-bond donors (Lipinski definition) is 1. The van der Waals surface area contributed by atoms with Crippen molar-refractivity contribution in [3.05, 3.63) is 39.7 Å². The fraction of sp³-hybridized carbons (Fsp3) is 0.462. The molecule has 20 heavy (non-hydrogen) atoms. The maximum atomic E-state index is 13.1. The number of halogens is 2.